The molecule has 5 heteroatoms. The highest BCUT2D eigenvalue weighted by Gasteiger charge is 2.60. The molecule has 1 amide bonds. The average molecular weight is 362 g/mol. The zero-order valence-electron chi connectivity index (χ0n) is 15.7. The van der Waals surface area contributed by atoms with Crippen LogP contribution in [0.2, 0.25) is 0 Å². The van der Waals surface area contributed by atoms with Crippen molar-refractivity contribution in [2.75, 3.05) is 0 Å². The molecule has 27 heavy (non-hydrogen) atoms. The van der Waals surface area contributed by atoms with Gasteiger partial charge in [-0.1, -0.05) is 37.3 Å². The van der Waals surface area contributed by atoms with Crippen LogP contribution in [-0.2, 0) is 6.42 Å². The van der Waals surface area contributed by atoms with Crippen LogP contribution in [0.5, 0.6) is 0 Å². The molecular weight excluding hydrogens is 336 g/mol. The second-order valence-electron chi connectivity index (χ2n) is 8.55. The van der Waals surface area contributed by atoms with Crippen molar-refractivity contribution < 1.29 is 4.79 Å². The summed E-state index contributed by atoms with van der Waals surface area (Å²) in [5, 5.41) is 3.90. The van der Waals surface area contributed by atoms with Gasteiger partial charge in [0, 0.05) is 29.7 Å². The molecule has 0 radical (unpaired) electrons. The lowest BCUT2D eigenvalue weighted by Crippen LogP contribution is -2.62. The molecule has 3 heterocycles. The third-order valence-corrected chi connectivity index (χ3v) is 7.08. The number of hydrogen-bond acceptors (Lipinski definition) is 4. The van der Waals surface area contributed by atoms with Crippen LogP contribution in [0.3, 0.4) is 0 Å². The van der Waals surface area contributed by atoms with Gasteiger partial charge in [0.1, 0.15) is 12.0 Å². The van der Waals surface area contributed by atoms with Gasteiger partial charge in [0.2, 0.25) is 0 Å². The molecule has 2 bridgehead atoms. The zero-order chi connectivity index (χ0) is 18.4. The Bertz CT molecular complexity index is 827. The van der Waals surface area contributed by atoms with Gasteiger partial charge in [0.15, 0.2) is 0 Å². The molecule has 0 spiro atoms. The Kier molecular flexibility index (Phi) is 4.01. The predicted molar refractivity (Wildman–Crippen MR) is 103 cm³/mol. The number of carbonyl (C=O) groups is 1. The Morgan fingerprint density at radius 2 is 2.11 bits per heavy atom. The fourth-order valence-corrected chi connectivity index (χ4v) is 5.82. The Labute approximate surface area is 160 Å². The number of amides is 1. The molecule has 1 aromatic carbocycles. The van der Waals surface area contributed by atoms with Gasteiger partial charge in [-0.05, 0) is 43.7 Å². The largest absolute Gasteiger partial charge is 0.329 e. The molecule has 1 saturated carbocycles. The number of benzene rings is 1. The normalized spacial score (nSPS) is 34.5. The Hall–Kier alpha value is -2.27. The summed E-state index contributed by atoms with van der Waals surface area (Å²) in [4.78, 5) is 24.0. The second kappa shape index (κ2) is 6.41. The highest BCUT2D eigenvalue weighted by Crippen LogP contribution is 2.52. The summed E-state index contributed by atoms with van der Waals surface area (Å²) in [7, 11) is 0. The lowest BCUT2D eigenvalue weighted by molar-refractivity contribution is -0.0115. The Balaban J connectivity index is 1.55. The van der Waals surface area contributed by atoms with E-state index in [9.17, 15) is 4.79 Å². The molecule has 2 aromatic rings. The molecule has 140 valence electrons. The predicted octanol–water partition coefficient (Wildman–Crippen LogP) is 2.83. The Morgan fingerprint density at radius 1 is 1.26 bits per heavy atom. The molecule has 1 N–H and O–H groups in total. The van der Waals surface area contributed by atoms with Crippen molar-refractivity contribution in [3.8, 4) is 0 Å². The van der Waals surface area contributed by atoms with Gasteiger partial charge in [-0.15, -0.1) is 0 Å². The fourth-order valence-electron chi connectivity index (χ4n) is 5.82. The summed E-state index contributed by atoms with van der Waals surface area (Å²) in [6.45, 7) is 2.38. The number of nitrogens with zero attached hydrogens (tertiary/aromatic N) is 3. The molecule has 2 aliphatic heterocycles. The first-order valence-corrected chi connectivity index (χ1v) is 10.1. The van der Waals surface area contributed by atoms with Crippen molar-refractivity contribution in [3.05, 3.63) is 60.2 Å². The number of hydrogen-bond donors (Lipinski definition) is 1. The topological polar surface area (TPSA) is 58.1 Å². The lowest BCUT2D eigenvalue weighted by atomic mass is 9.64. The van der Waals surface area contributed by atoms with E-state index in [2.05, 4.69) is 51.4 Å². The van der Waals surface area contributed by atoms with Crippen LogP contribution in [0, 0.1) is 5.41 Å². The highest BCUT2D eigenvalue weighted by atomic mass is 16.2. The van der Waals surface area contributed by atoms with Crippen molar-refractivity contribution >= 4 is 5.91 Å². The molecule has 3 aliphatic rings. The second-order valence-corrected chi connectivity index (χ2v) is 8.55. The molecule has 2 saturated heterocycles. The van der Waals surface area contributed by atoms with E-state index in [4.69, 9.17) is 0 Å². The van der Waals surface area contributed by atoms with E-state index in [0.717, 1.165) is 19.3 Å². The first-order chi connectivity index (χ1) is 13.2. The summed E-state index contributed by atoms with van der Waals surface area (Å²) in [5.74, 6) is 0.0589. The van der Waals surface area contributed by atoms with Crippen LogP contribution in [0.15, 0.2) is 48.9 Å². The molecular formula is C22H26N4O. The maximum Gasteiger partial charge on any atom is 0.273 e. The first kappa shape index (κ1) is 16.9. The van der Waals surface area contributed by atoms with E-state index in [1.807, 2.05) is 6.07 Å². The fraction of sp³-hybridized carbons (Fsp3) is 0.500. The van der Waals surface area contributed by atoms with Crippen molar-refractivity contribution in [2.45, 2.75) is 63.2 Å². The monoisotopic (exact) mass is 362 g/mol. The minimum Gasteiger partial charge on any atom is -0.329 e. The van der Waals surface area contributed by atoms with Gasteiger partial charge in [-0.2, -0.15) is 0 Å². The number of likely N-dealkylation sites (tertiary alicyclic amines) is 1. The number of piperidine rings is 1. The quantitative estimate of drug-likeness (QED) is 0.912. The third-order valence-electron chi connectivity index (χ3n) is 7.08. The molecule has 0 unspecified atom stereocenters. The molecule has 1 aromatic heterocycles. The average Bonchev–Trinajstić information content (AvgIpc) is 3.05. The van der Waals surface area contributed by atoms with E-state index in [-0.39, 0.29) is 23.4 Å². The number of carbonyl (C=O) groups excluding carboxylic acids is 1. The van der Waals surface area contributed by atoms with E-state index in [1.165, 1.54) is 24.7 Å². The van der Waals surface area contributed by atoms with Gasteiger partial charge in [0.05, 0.1) is 6.04 Å². The minimum absolute atomic E-state index is 0.0589. The van der Waals surface area contributed by atoms with Gasteiger partial charge >= 0.3 is 0 Å². The molecule has 1 aliphatic carbocycles. The van der Waals surface area contributed by atoms with Crippen molar-refractivity contribution in [1.82, 2.24) is 20.2 Å². The van der Waals surface area contributed by atoms with Gasteiger partial charge in [0.25, 0.3) is 5.91 Å². The highest BCUT2D eigenvalue weighted by molar-refractivity contribution is 5.93. The van der Waals surface area contributed by atoms with Crippen molar-refractivity contribution in [1.29, 1.82) is 0 Å². The van der Waals surface area contributed by atoms with Crippen LogP contribution in [-0.4, -0.2) is 44.9 Å². The number of aromatic nitrogens is 2. The standard InChI is InChI=1S/C22H26N4O/c1-22-13-17-18(12-15-6-3-2-4-7-15)26(20(22)9-5-8-19(22)25-17)21(27)16-10-11-23-14-24-16/h2-4,6-7,10-11,14,17-20,25H,5,8-9,12-13H2,1H3/t17-,18-,19-,20+,22-/m0/s1. The maximum atomic E-state index is 13.6. The van der Waals surface area contributed by atoms with Gasteiger partial charge < -0.3 is 10.2 Å². The number of rotatable bonds is 3. The van der Waals surface area contributed by atoms with Crippen LogP contribution in [0.1, 0.15) is 48.7 Å². The molecule has 5 nitrogen and oxygen atoms in total. The summed E-state index contributed by atoms with van der Waals surface area (Å²) >= 11 is 0. The van der Waals surface area contributed by atoms with E-state index >= 15 is 0 Å². The molecule has 5 atom stereocenters. The van der Waals surface area contributed by atoms with Crippen LogP contribution in [0.25, 0.3) is 0 Å². The zero-order valence-corrected chi connectivity index (χ0v) is 15.7. The summed E-state index contributed by atoms with van der Waals surface area (Å²) in [6, 6.07) is 13.6. The van der Waals surface area contributed by atoms with Crippen LogP contribution >= 0.6 is 0 Å². The van der Waals surface area contributed by atoms with Crippen molar-refractivity contribution in [2.24, 2.45) is 5.41 Å². The molecule has 3 fully saturated rings. The summed E-state index contributed by atoms with van der Waals surface area (Å²) in [6.07, 6.45) is 8.66. The van der Waals surface area contributed by atoms with Crippen molar-refractivity contribution in [3.63, 3.8) is 0 Å². The SMILES string of the molecule is C[C@]12C[C@@H]3N[C@H]1CCC[C@H]2N(C(=O)c1ccncn1)[C@H]3Cc1ccccc1. The number of fused-ring (bicyclic) bond motifs is 1. The van der Waals surface area contributed by atoms with Crippen LogP contribution < -0.4 is 5.32 Å². The third kappa shape index (κ3) is 2.67. The summed E-state index contributed by atoms with van der Waals surface area (Å²) in [5.41, 5.74) is 1.96. The summed E-state index contributed by atoms with van der Waals surface area (Å²) < 4.78 is 0. The van der Waals surface area contributed by atoms with E-state index in [1.54, 1.807) is 12.3 Å². The minimum atomic E-state index is 0.0589. The van der Waals surface area contributed by atoms with Gasteiger partial charge in [-0.3, -0.25) is 4.79 Å². The number of nitrogens with one attached hydrogen (secondary N) is 1. The Morgan fingerprint density at radius 3 is 2.89 bits per heavy atom. The van der Waals surface area contributed by atoms with Gasteiger partial charge in [-0.25, -0.2) is 9.97 Å². The molecule has 5 rings (SSSR count). The first-order valence-electron chi connectivity index (χ1n) is 10.1. The van der Waals surface area contributed by atoms with Crippen LogP contribution in [0.4, 0.5) is 0 Å². The maximum absolute atomic E-state index is 13.6. The lowest BCUT2D eigenvalue weighted by Gasteiger charge is -2.53. The van der Waals surface area contributed by atoms with E-state index < -0.39 is 0 Å². The van der Waals surface area contributed by atoms with E-state index in [0.29, 0.717) is 17.8 Å². The smallest absolute Gasteiger partial charge is 0.273 e.